The summed E-state index contributed by atoms with van der Waals surface area (Å²) >= 11 is 12.8. The Hall–Kier alpha value is -2.72. The Bertz CT molecular complexity index is 1450. The summed E-state index contributed by atoms with van der Waals surface area (Å²) in [7, 11) is 0. The molecule has 4 aliphatic rings. The van der Waals surface area contributed by atoms with Gasteiger partial charge >= 0.3 is 0 Å². The first kappa shape index (κ1) is 29.4. The van der Waals surface area contributed by atoms with E-state index in [9.17, 15) is 14.4 Å². The van der Waals surface area contributed by atoms with E-state index in [0.717, 1.165) is 24.0 Å². The average molecular weight is 615 g/mol. The monoisotopic (exact) mass is 613 g/mol. The molecule has 6 rings (SSSR count). The number of rotatable bonds is 4. The van der Waals surface area contributed by atoms with Crippen LogP contribution < -0.4 is 21.7 Å². The van der Waals surface area contributed by atoms with E-state index < -0.39 is 34.4 Å². The maximum absolute atomic E-state index is 14.5. The van der Waals surface area contributed by atoms with Crippen LogP contribution in [0, 0.1) is 5.41 Å². The molecule has 2 spiro atoms. The number of fused-ring (bicyclic) bond motifs is 3. The first-order valence-electron chi connectivity index (χ1n) is 14.6. The number of hydrogen-bond donors (Lipinski definition) is 4. The van der Waals surface area contributed by atoms with Crippen molar-refractivity contribution < 1.29 is 19.1 Å². The minimum atomic E-state index is -1.11. The fourth-order valence-corrected chi connectivity index (χ4v) is 8.14. The van der Waals surface area contributed by atoms with Crippen molar-refractivity contribution >= 4 is 46.6 Å². The summed E-state index contributed by atoms with van der Waals surface area (Å²) in [5, 5.41) is 10.9. The third-order valence-corrected chi connectivity index (χ3v) is 10.7. The average Bonchev–Trinajstić information content (AvgIpc) is 3.39. The van der Waals surface area contributed by atoms with Crippen molar-refractivity contribution in [1.82, 2.24) is 15.6 Å². The van der Waals surface area contributed by atoms with Gasteiger partial charge in [-0.05, 0) is 86.3 Å². The van der Waals surface area contributed by atoms with Gasteiger partial charge in [-0.15, -0.1) is 0 Å². The van der Waals surface area contributed by atoms with E-state index in [1.165, 1.54) is 0 Å². The highest BCUT2D eigenvalue weighted by atomic mass is 35.5. The molecule has 42 heavy (non-hydrogen) atoms. The number of aromatic nitrogens is 1. The highest BCUT2D eigenvalue weighted by Gasteiger charge is 2.72. The minimum Gasteiger partial charge on any atom is -0.367 e. The Morgan fingerprint density at radius 2 is 1.81 bits per heavy atom. The molecule has 2 saturated heterocycles. The largest absolute Gasteiger partial charge is 0.367 e. The van der Waals surface area contributed by atoms with Crippen molar-refractivity contribution in [2.75, 3.05) is 11.9 Å². The highest BCUT2D eigenvalue weighted by molar-refractivity contribution is 6.31. The zero-order chi connectivity index (χ0) is 30.1. The molecule has 224 valence electrons. The van der Waals surface area contributed by atoms with Crippen LogP contribution in [0.15, 0.2) is 36.5 Å². The van der Waals surface area contributed by atoms with Gasteiger partial charge in [-0.25, -0.2) is 4.98 Å². The van der Waals surface area contributed by atoms with E-state index in [-0.39, 0.29) is 35.0 Å². The van der Waals surface area contributed by atoms with Crippen LogP contribution in [0.4, 0.5) is 5.69 Å². The van der Waals surface area contributed by atoms with Gasteiger partial charge in [0.25, 0.3) is 0 Å². The minimum absolute atomic E-state index is 0.106. The van der Waals surface area contributed by atoms with Crippen LogP contribution in [-0.2, 0) is 24.5 Å². The van der Waals surface area contributed by atoms with Gasteiger partial charge in [0.15, 0.2) is 0 Å². The number of amides is 3. The zero-order valence-electron chi connectivity index (χ0n) is 24.1. The second-order valence-electron chi connectivity index (χ2n) is 13.4. The SMILES string of the molecule is CC1(C)CCC2(CC1)N[C@@H](C(=O)N[C@@H]1CC[C@@](C)(C(N)=O)OC1)[C@H](c1ccnc(Cl)c1)[C@]21C(=O)Nc2cc(Cl)ccc21. The first-order chi connectivity index (χ1) is 19.8. The molecule has 0 unspecified atom stereocenters. The number of nitrogens with two attached hydrogens (primary N) is 1. The van der Waals surface area contributed by atoms with Gasteiger partial charge < -0.3 is 21.1 Å². The molecule has 2 aromatic rings. The molecule has 3 aliphatic heterocycles. The molecule has 4 heterocycles. The number of ether oxygens (including phenoxy) is 1. The standard InChI is InChI=1S/C31H37Cl2N5O4/c1-28(2)9-11-30(12-10-28)31(20-5-4-18(32)15-21(20)37-27(31)41)23(17-7-13-35-22(33)14-17)24(38-30)25(39)36-19-6-8-29(3,26(34)40)42-16-19/h4-5,7,13-15,19,23-24,38H,6,8-12,16H2,1-3H3,(H2,34,40)(H,36,39)(H,37,41)/t19-,23+,24-,29+,31-/m1/s1. The van der Waals surface area contributed by atoms with Crippen LogP contribution in [0.5, 0.6) is 0 Å². The maximum Gasteiger partial charge on any atom is 0.249 e. The smallest absolute Gasteiger partial charge is 0.249 e. The maximum atomic E-state index is 14.5. The summed E-state index contributed by atoms with van der Waals surface area (Å²) in [5.74, 6) is -1.50. The van der Waals surface area contributed by atoms with Crippen molar-refractivity contribution in [2.45, 2.75) is 93.9 Å². The van der Waals surface area contributed by atoms with E-state index in [1.54, 1.807) is 25.3 Å². The summed E-state index contributed by atoms with van der Waals surface area (Å²) in [6.45, 7) is 6.33. The fraction of sp³-hybridized carbons (Fsp3) is 0.548. The zero-order valence-corrected chi connectivity index (χ0v) is 25.6. The summed E-state index contributed by atoms with van der Waals surface area (Å²) < 4.78 is 5.82. The second kappa shape index (κ2) is 10.2. The quantitative estimate of drug-likeness (QED) is 0.381. The molecule has 1 aliphatic carbocycles. The predicted molar refractivity (Wildman–Crippen MR) is 160 cm³/mol. The van der Waals surface area contributed by atoms with Crippen LogP contribution >= 0.6 is 23.2 Å². The first-order valence-corrected chi connectivity index (χ1v) is 15.3. The Morgan fingerprint density at radius 3 is 2.45 bits per heavy atom. The summed E-state index contributed by atoms with van der Waals surface area (Å²) in [4.78, 5) is 44.9. The number of anilines is 1. The van der Waals surface area contributed by atoms with Gasteiger partial charge in [0.2, 0.25) is 17.7 Å². The fourth-order valence-electron chi connectivity index (χ4n) is 7.78. The Morgan fingerprint density at radius 1 is 1.07 bits per heavy atom. The molecule has 9 nitrogen and oxygen atoms in total. The Labute approximate surface area is 255 Å². The van der Waals surface area contributed by atoms with Crippen LogP contribution in [0.3, 0.4) is 0 Å². The van der Waals surface area contributed by atoms with Gasteiger partial charge in [0, 0.05) is 28.4 Å². The summed E-state index contributed by atoms with van der Waals surface area (Å²) in [5.41, 5.74) is 5.03. The molecule has 11 heteroatoms. The van der Waals surface area contributed by atoms with E-state index >= 15 is 0 Å². The van der Waals surface area contributed by atoms with Gasteiger partial charge in [0.05, 0.1) is 18.7 Å². The number of carbonyl (C=O) groups excluding carboxylic acids is 3. The molecule has 0 radical (unpaired) electrons. The highest BCUT2D eigenvalue weighted by Crippen LogP contribution is 2.63. The number of pyridine rings is 1. The van der Waals surface area contributed by atoms with Crippen LogP contribution in [0.2, 0.25) is 10.2 Å². The van der Waals surface area contributed by atoms with E-state index in [0.29, 0.717) is 36.4 Å². The molecule has 1 aromatic carbocycles. The molecule has 3 fully saturated rings. The molecular formula is C31H37Cl2N5O4. The van der Waals surface area contributed by atoms with Crippen molar-refractivity contribution in [3.8, 4) is 0 Å². The van der Waals surface area contributed by atoms with Crippen LogP contribution in [-0.4, -0.2) is 52.5 Å². The molecule has 0 bridgehead atoms. The third kappa shape index (κ3) is 4.51. The molecule has 1 saturated carbocycles. The van der Waals surface area contributed by atoms with Gasteiger partial charge in [-0.1, -0.05) is 43.1 Å². The van der Waals surface area contributed by atoms with E-state index in [4.69, 9.17) is 33.7 Å². The topological polar surface area (TPSA) is 135 Å². The summed E-state index contributed by atoms with van der Waals surface area (Å²) in [6, 6.07) is 8.04. The molecule has 5 N–H and O–H groups in total. The van der Waals surface area contributed by atoms with Gasteiger partial charge in [-0.2, -0.15) is 0 Å². The predicted octanol–water partition coefficient (Wildman–Crippen LogP) is 4.21. The van der Waals surface area contributed by atoms with Crippen molar-refractivity contribution in [3.05, 3.63) is 57.8 Å². The van der Waals surface area contributed by atoms with E-state index in [1.807, 2.05) is 18.2 Å². The molecule has 5 atom stereocenters. The van der Waals surface area contributed by atoms with Crippen molar-refractivity contribution in [2.24, 2.45) is 11.1 Å². The van der Waals surface area contributed by atoms with E-state index in [2.05, 4.69) is 34.8 Å². The lowest BCUT2D eigenvalue weighted by atomic mass is 9.53. The second-order valence-corrected chi connectivity index (χ2v) is 14.2. The molecule has 1 aromatic heterocycles. The number of halogens is 2. The lowest BCUT2D eigenvalue weighted by molar-refractivity contribution is -0.149. The lowest BCUT2D eigenvalue weighted by Gasteiger charge is -2.50. The normalized spacial score (nSPS) is 32.9. The van der Waals surface area contributed by atoms with Gasteiger partial charge in [-0.3, -0.25) is 19.7 Å². The Kier molecular flexibility index (Phi) is 7.12. The number of primary amides is 1. The molecule has 3 amide bonds. The number of nitrogens with zero attached hydrogens (tertiary/aromatic N) is 1. The van der Waals surface area contributed by atoms with Crippen molar-refractivity contribution in [1.29, 1.82) is 0 Å². The lowest BCUT2D eigenvalue weighted by Crippen LogP contribution is -2.61. The number of carbonyl (C=O) groups is 3. The number of nitrogens with one attached hydrogen (secondary N) is 3. The number of benzene rings is 1. The summed E-state index contributed by atoms with van der Waals surface area (Å²) in [6.07, 6.45) is 5.74. The number of hydrogen-bond acceptors (Lipinski definition) is 6. The van der Waals surface area contributed by atoms with Gasteiger partial charge in [0.1, 0.15) is 16.2 Å². The third-order valence-electron chi connectivity index (χ3n) is 10.3. The van der Waals surface area contributed by atoms with Crippen LogP contribution in [0.1, 0.15) is 76.3 Å². The Balaban J connectivity index is 1.46. The van der Waals surface area contributed by atoms with Crippen LogP contribution in [0.25, 0.3) is 0 Å². The molecular weight excluding hydrogens is 577 g/mol. The van der Waals surface area contributed by atoms with Crippen molar-refractivity contribution in [3.63, 3.8) is 0 Å².